The summed E-state index contributed by atoms with van der Waals surface area (Å²) >= 11 is 0. The second-order valence-corrected chi connectivity index (χ2v) is 6.10. The summed E-state index contributed by atoms with van der Waals surface area (Å²) in [4.78, 5) is 19.0. The predicted molar refractivity (Wildman–Crippen MR) is 96.1 cm³/mol. The molecule has 1 aromatic heterocycles. The number of amides is 2. The molecule has 25 heavy (non-hydrogen) atoms. The van der Waals surface area contributed by atoms with Gasteiger partial charge in [0.1, 0.15) is 11.5 Å². The van der Waals surface area contributed by atoms with E-state index in [1.54, 1.807) is 44.8 Å². The molecule has 0 unspecified atom stereocenters. The fourth-order valence-electron chi connectivity index (χ4n) is 2.89. The Hall–Kier alpha value is -2.76. The van der Waals surface area contributed by atoms with Crippen LogP contribution in [0.2, 0.25) is 0 Å². The molecule has 1 fully saturated rings. The van der Waals surface area contributed by atoms with Crippen molar-refractivity contribution >= 4 is 11.7 Å². The molecule has 6 nitrogen and oxygen atoms in total. The Bertz CT molecular complexity index is 732. The summed E-state index contributed by atoms with van der Waals surface area (Å²) in [7, 11) is 3.17. The van der Waals surface area contributed by atoms with Gasteiger partial charge in [0.05, 0.1) is 25.9 Å². The van der Waals surface area contributed by atoms with Crippen LogP contribution in [0.3, 0.4) is 0 Å². The van der Waals surface area contributed by atoms with Gasteiger partial charge in [-0.3, -0.25) is 4.98 Å². The van der Waals surface area contributed by atoms with Crippen LogP contribution in [0.5, 0.6) is 11.5 Å². The Kier molecular flexibility index (Phi) is 5.07. The molecule has 0 saturated heterocycles. The summed E-state index contributed by atoms with van der Waals surface area (Å²) in [5.74, 6) is 1.26. The minimum Gasteiger partial charge on any atom is -0.497 e. The zero-order valence-corrected chi connectivity index (χ0v) is 14.7. The van der Waals surface area contributed by atoms with Crippen molar-refractivity contribution in [2.45, 2.75) is 31.8 Å². The molecule has 1 heterocycles. The topological polar surface area (TPSA) is 63.7 Å². The van der Waals surface area contributed by atoms with Gasteiger partial charge in [-0.05, 0) is 43.5 Å². The molecular weight excluding hydrogens is 318 g/mol. The summed E-state index contributed by atoms with van der Waals surface area (Å²) in [5, 5.41) is 2.97. The Morgan fingerprint density at radius 3 is 2.68 bits per heavy atom. The highest BCUT2D eigenvalue weighted by atomic mass is 16.5. The summed E-state index contributed by atoms with van der Waals surface area (Å²) in [6.45, 7) is 2.03. The maximum atomic E-state index is 13.0. The van der Waals surface area contributed by atoms with Crippen LogP contribution in [0.1, 0.15) is 31.4 Å². The van der Waals surface area contributed by atoms with E-state index in [0.717, 1.165) is 18.4 Å². The highest BCUT2D eigenvalue weighted by molar-refractivity contribution is 5.92. The zero-order valence-electron chi connectivity index (χ0n) is 14.7. The fourth-order valence-corrected chi connectivity index (χ4v) is 2.89. The first-order valence-electron chi connectivity index (χ1n) is 8.35. The van der Waals surface area contributed by atoms with Crippen LogP contribution >= 0.6 is 0 Å². The van der Waals surface area contributed by atoms with Crippen LogP contribution in [0.25, 0.3) is 0 Å². The average Bonchev–Trinajstić information content (AvgIpc) is 3.47. The van der Waals surface area contributed by atoms with Gasteiger partial charge in [0.25, 0.3) is 0 Å². The molecule has 0 radical (unpaired) electrons. The van der Waals surface area contributed by atoms with Crippen molar-refractivity contribution in [2.75, 3.05) is 19.5 Å². The molecule has 3 rings (SSSR count). The fraction of sp³-hybridized carbons (Fsp3) is 0.368. The normalized spacial score (nSPS) is 14.5. The molecule has 1 aromatic carbocycles. The first-order valence-corrected chi connectivity index (χ1v) is 8.35. The van der Waals surface area contributed by atoms with E-state index in [2.05, 4.69) is 10.3 Å². The highest BCUT2D eigenvalue weighted by Gasteiger charge is 2.36. The number of benzene rings is 1. The minimum atomic E-state index is -0.148. The number of nitrogens with one attached hydrogen (secondary N) is 1. The van der Waals surface area contributed by atoms with E-state index < -0.39 is 0 Å². The van der Waals surface area contributed by atoms with Gasteiger partial charge in [0.15, 0.2) is 0 Å². The number of aromatic nitrogens is 1. The molecule has 6 heteroatoms. The molecule has 0 spiro atoms. The third-order valence-electron chi connectivity index (χ3n) is 4.41. The number of carbonyl (C=O) groups excluding carboxylic acids is 1. The number of ether oxygens (including phenoxy) is 2. The number of pyridine rings is 1. The smallest absolute Gasteiger partial charge is 0.322 e. The Balaban J connectivity index is 1.82. The molecule has 0 bridgehead atoms. The molecule has 0 aliphatic heterocycles. The summed E-state index contributed by atoms with van der Waals surface area (Å²) in [6, 6.07) is 9.27. The summed E-state index contributed by atoms with van der Waals surface area (Å²) in [5.41, 5.74) is 1.61. The summed E-state index contributed by atoms with van der Waals surface area (Å²) < 4.78 is 10.6. The minimum absolute atomic E-state index is 0.0576. The predicted octanol–water partition coefficient (Wildman–Crippen LogP) is 3.86. The second-order valence-electron chi connectivity index (χ2n) is 6.10. The summed E-state index contributed by atoms with van der Waals surface area (Å²) in [6.07, 6.45) is 5.58. The van der Waals surface area contributed by atoms with Crippen LogP contribution in [-0.4, -0.2) is 36.2 Å². The number of urea groups is 1. The zero-order chi connectivity index (χ0) is 17.8. The standard InChI is InChI=1S/C19H23N3O3/c1-13(14-5-4-10-20-12-14)22(15-6-7-15)19(23)21-17-11-16(24-2)8-9-18(17)25-3/h4-5,8-13,15H,6-7H2,1-3H3,(H,21,23)/t13-/m1/s1. The lowest BCUT2D eigenvalue weighted by atomic mass is 10.1. The number of hydrogen-bond donors (Lipinski definition) is 1. The molecule has 132 valence electrons. The van der Waals surface area contributed by atoms with Crippen LogP contribution in [0.15, 0.2) is 42.7 Å². The van der Waals surface area contributed by atoms with Crippen molar-refractivity contribution in [3.8, 4) is 11.5 Å². The van der Waals surface area contributed by atoms with Crippen LogP contribution in [-0.2, 0) is 0 Å². The van der Waals surface area contributed by atoms with Crippen molar-refractivity contribution in [2.24, 2.45) is 0 Å². The Morgan fingerprint density at radius 1 is 1.28 bits per heavy atom. The molecule has 2 amide bonds. The maximum absolute atomic E-state index is 13.0. The molecular formula is C19H23N3O3. The number of hydrogen-bond acceptors (Lipinski definition) is 4. The van der Waals surface area contributed by atoms with Gasteiger partial charge in [-0.15, -0.1) is 0 Å². The van der Waals surface area contributed by atoms with Crippen molar-refractivity contribution in [3.05, 3.63) is 48.3 Å². The van der Waals surface area contributed by atoms with E-state index in [-0.39, 0.29) is 18.1 Å². The number of methoxy groups -OCH3 is 2. The third kappa shape index (κ3) is 3.84. The maximum Gasteiger partial charge on any atom is 0.322 e. The molecule has 1 aliphatic carbocycles. The second kappa shape index (κ2) is 7.42. The number of carbonyl (C=O) groups is 1. The van der Waals surface area contributed by atoms with Crippen LogP contribution < -0.4 is 14.8 Å². The van der Waals surface area contributed by atoms with Crippen LogP contribution in [0.4, 0.5) is 10.5 Å². The molecule has 1 aliphatic rings. The monoisotopic (exact) mass is 341 g/mol. The van der Waals surface area contributed by atoms with Gasteiger partial charge < -0.3 is 19.7 Å². The van der Waals surface area contributed by atoms with E-state index in [4.69, 9.17) is 9.47 Å². The number of anilines is 1. The van der Waals surface area contributed by atoms with E-state index >= 15 is 0 Å². The van der Waals surface area contributed by atoms with Gasteiger partial charge in [0, 0.05) is 24.5 Å². The van der Waals surface area contributed by atoms with Crippen molar-refractivity contribution in [3.63, 3.8) is 0 Å². The van der Waals surface area contributed by atoms with Crippen molar-refractivity contribution < 1.29 is 14.3 Å². The van der Waals surface area contributed by atoms with E-state index in [9.17, 15) is 4.79 Å². The first kappa shape index (κ1) is 17.1. The molecule has 1 saturated carbocycles. The largest absolute Gasteiger partial charge is 0.497 e. The van der Waals surface area contributed by atoms with Crippen molar-refractivity contribution in [1.82, 2.24) is 9.88 Å². The van der Waals surface area contributed by atoms with Gasteiger partial charge in [-0.2, -0.15) is 0 Å². The highest BCUT2D eigenvalue weighted by Crippen LogP contribution is 2.36. The van der Waals surface area contributed by atoms with Gasteiger partial charge in [0.2, 0.25) is 0 Å². The first-order chi connectivity index (χ1) is 12.1. The van der Waals surface area contributed by atoms with Gasteiger partial charge in [-0.25, -0.2) is 4.79 Å². The lowest BCUT2D eigenvalue weighted by molar-refractivity contribution is 0.188. The van der Waals surface area contributed by atoms with Gasteiger partial charge >= 0.3 is 6.03 Å². The molecule has 2 aromatic rings. The molecule has 1 N–H and O–H groups in total. The lowest BCUT2D eigenvalue weighted by Crippen LogP contribution is -2.38. The van der Waals surface area contributed by atoms with Crippen molar-refractivity contribution in [1.29, 1.82) is 0 Å². The lowest BCUT2D eigenvalue weighted by Gasteiger charge is -2.30. The van der Waals surface area contributed by atoms with E-state index in [1.807, 2.05) is 24.0 Å². The quantitative estimate of drug-likeness (QED) is 0.867. The Labute approximate surface area is 147 Å². The van der Waals surface area contributed by atoms with Gasteiger partial charge in [-0.1, -0.05) is 6.07 Å². The third-order valence-corrected chi connectivity index (χ3v) is 4.41. The SMILES string of the molecule is COc1ccc(OC)c(NC(=O)N(C2CC2)[C@H](C)c2cccnc2)c1. The van der Waals surface area contributed by atoms with Crippen LogP contribution in [0, 0.1) is 0 Å². The number of rotatable bonds is 6. The van der Waals surface area contributed by atoms with E-state index in [1.165, 1.54) is 0 Å². The average molecular weight is 341 g/mol. The Morgan fingerprint density at radius 2 is 2.08 bits per heavy atom. The number of nitrogens with zero attached hydrogens (tertiary/aromatic N) is 2. The van der Waals surface area contributed by atoms with E-state index in [0.29, 0.717) is 17.2 Å². The molecule has 1 atom stereocenters.